The molecule has 0 amide bonds. The summed E-state index contributed by atoms with van der Waals surface area (Å²) in [5.41, 5.74) is 1.34. The summed E-state index contributed by atoms with van der Waals surface area (Å²) in [6.45, 7) is 9.98. The zero-order chi connectivity index (χ0) is 10.1. The molecule has 0 aromatic carbocycles. The number of hydrogen-bond donors (Lipinski definition) is 0. The first-order valence-corrected chi connectivity index (χ1v) is 5.70. The molecule has 78 valence electrons. The van der Waals surface area contributed by atoms with Crippen LogP contribution in [0.15, 0.2) is 4.99 Å². The minimum absolute atomic E-state index is 0.801. The second-order valence-corrected chi connectivity index (χ2v) is 4.04. The van der Waals surface area contributed by atoms with Crippen LogP contribution in [0.1, 0.15) is 59.8 Å². The largest absolute Gasteiger partial charge is 0.294 e. The first-order chi connectivity index (χ1) is 6.20. The lowest BCUT2D eigenvalue weighted by molar-refractivity contribution is 0.584. The summed E-state index contributed by atoms with van der Waals surface area (Å²) >= 11 is 0. The zero-order valence-electron chi connectivity index (χ0n) is 9.77. The van der Waals surface area contributed by atoms with Crippen molar-refractivity contribution in [3.63, 3.8) is 0 Å². The van der Waals surface area contributed by atoms with E-state index < -0.39 is 0 Å². The van der Waals surface area contributed by atoms with Crippen LogP contribution in [0.5, 0.6) is 0 Å². The number of hydrogen-bond acceptors (Lipinski definition) is 1. The van der Waals surface area contributed by atoms with E-state index in [1.165, 1.54) is 37.8 Å². The van der Waals surface area contributed by atoms with Gasteiger partial charge in [0.25, 0.3) is 0 Å². The van der Waals surface area contributed by atoms with E-state index in [2.05, 4.69) is 32.7 Å². The number of aliphatic imine (C=N–C) groups is 1. The van der Waals surface area contributed by atoms with Crippen LogP contribution in [0, 0.1) is 5.92 Å². The van der Waals surface area contributed by atoms with Gasteiger partial charge in [0.15, 0.2) is 0 Å². The van der Waals surface area contributed by atoms with Crippen molar-refractivity contribution in [2.24, 2.45) is 10.9 Å². The molecule has 0 N–H and O–H groups in total. The second kappa shape index (κ2) is 8.28. The lowest BCUT2D eigenvalue weighted by Gasteiger charge is -2.07. The van der Waals surface area contributed by atoms with Gasteiger partial charge in [0.2, 0.25) is 0 Å². The van der Waals surface area contributed by atoms with Crippen LogP contribution in [0.25, 0.3) is 0 Å². The van der Waals surface area contributed by atoms with Gasteiger partial charge >= 0.3 is 0 Å². The first kappa shape index (κ1) is 12.7. The molecule has 0 heterocycles. The SMILES string of the molecule is CCCCCN=C(C)CC(C)CC. The molecule has 0 aliphatic carbocycles. The summed E-state index contributed by atoms with van der Waals surface area (Å²) in [6.07, 6.45) is 6.32. The molecular formula is C12H25N. The molecular weight excluding hydrogens is 158 g/mol. The van der Waals surface area contributed by atoms with Crippen LogP contribution in [0.4, 0.5) is 0 Å². The number of unbranched alkanes of at least 4 members (excludes halogenated alkanes) is 2. The summed E-state index contributed by atoms with van der Waals surface area (Å²) in [5.74, 6) is 0.801. The quantitative estimate of drug-likeness (QED) is 0.416. The third kappa shape index (κ3) is 8.01. The van der Waals surface area contributed by atoms with E-state index in [9.17, 15) is 0 Å². The number of nitrogens with zero attached hydrogens (tertiary/aromatic N) is 1. The van der Waals surface area contributed by atoms with Crippen molar-refractivity contribution in [3.8, 4) is 0 Å². The molecule has 1 unspecified atom stereocenters. The minimum atomic E-state index is 0.801. The predicted octanol–water partition coefficient (Wildman–Crippen LogP) is 4.07. The van der Waals surface area contributed by atoms with E-state index in [0.29, 0.717) is 0 Å². The maximum Gasteiger partial charge on any atom is 0.0388 e. The van der Waals surface area contributed by atoms with Gasteiger partial charge in [-0.3, -0.25) is 4.99 Å². The Labute approximate surface area is 83.6 Å². The molecule has 1 nitrogen and oxygen atoms in total. The molecule has 0 aliphatic rings. The van der Waals surface area contributed by atoms with Crippen LogP contribution in [-0.4, -0.2) is 12.3 Å². The van der Waals surface area contributed by atoms with Gasteiger partial charge < -0.3 is 0 Å². The van der Waals surface area contributed by atoms with Crippen molar-refractivity contribution in [2.75, 3.05) is 6.54 Å². The Morgan fingerprint density at radius 2 is 1.92 bits per heavy atom. The lowest BCUT2D eigenvalue weighted by Crippen LogP contribution is -2.01. The van der Waals surface area contributed by atoms with Crippen LogP contribution < -0.4 is 0 Å². The van der Waals surface area contributed by atoms with E-state index in [1.807, 2.05) is 0 Å². The van der Waals surface area contributed by atoms with Gasteiger partial charge in [0.1, 0.15) is 0 Å². The van der Waals surface area contributed by atoms with Gasteiger partial charge in [0, 0.05) is 12.3 Å². The van der Waals surface area contributed by atoms with Crippen molar-refractivity contribution in [1.82, 2.24) is 0 Å². The third-order valence-electron chi connectivity index (χ3n) is 2.48. The van der Waals surface area contributed by atoms with Gasteiger partial charge in [-0.1, -0.05) is 40.0 Å². The van der Waals surface area contributed by atoms with E-state index in [4.69, 9.17) is 0 Å². The summed E-state index contributed by atoms with van der Waals surface area (Å²) in [4.78, 5) is 4.57. The topological polar surface area (TPSA) is 12.4 Å². The normalized spacial score (nSPS) is 14.6. The smallest absolute Gasteiger partial charge is 0.0388 e. The summed E-state index contributed by atoms with van der Waals surface area (Å²) in [5, 5.41) is 0. The summed E-state index contributed by atoms with van der Waals surface area (Å²) in [6, 6.07) is 0. The van der Waals surface area contributed by atoms with Gasteiger partial charge in [-0.25, -0.2) is 0 Å². The Balaban J connectivity index is 3.50. The predicted molar refractivity (Wildman–Crippen MR) is 61.6 cm³/mol. The van der Waals surface area contributed by atoms with Gasteiger partial charge in [-0.05, 0) is 25.7 Å². The van der Waals surface area contributed by atoms with E-state index in [0.717, 1.165) is 12.5 Å². The number of rotatable bonds is 7. The van der Waals surface area contributed by atoms with Gasteiger partial charge in [0.05, 0.1) is 0 Å². The Kier molecular flexibility index (Phi) is 8.07. The average molecular weight is 183 g/mol. The molecule has 0 aromatic heterocycles. The highest BCUT2D eigenvalue weighted by Gasteiger charge is 1.99. The molecule has 0 rings (SSSR count). The van der Waals surface area contributed by atoms with E-state index >= 15 is 0 Å². The van der Waals surface area contributed by atoms with Crippen molar-refractivity contribution in [1.29, 1.82) is 0 Å². The highest BCUT2D eigenvalue weighted by Crippen LogP contribution is 2.07. The maximum absolute atomic E-state index is 4.57. The molecule has 1 heteroatoms. The fourth-order valence-electron chi connectivity index (χ4n) is 1.34. The molecule has 1 atom stereocenters. The monoisotopic (exact) mass is 183 g/mol. The Bertz CT molecular complexity index is 138. The molecule has 13 heavy (non-hydrogen) atoms. The minimum Gasteiger partial charge on any atom is -0.294 e. The first-order valence-electron chi connectivity index (χ1n) is 5.70. The highest BCUT2D eigenvalue weighted by molar-refractivity contribution is 5.82. The summed E-state index contributed by atoms with van der Waals surface area (Å²) < 4.78 is 0. The fourth-order valence-corrected chi connectivity index (χ4v) is 1.34. The van der Waals surface area contributed by atoms with Crippen molar-refractivity contribution >= 4 is 5.71 Å². The van der Waals surface area contributed by atoms with Gasteiger partial charge in [-0.2, -0.15) is 0 Å². The van der Waals surface area contributed by atoms with Crippen molar-refractivity contribution in [2.45, 2.75) is 59.8 Å². The van der Waals surface area contributed by atoms with Crippen LogP contribution >= 0.6 is 0 Å². The molecule has 0 radical (unpaired) electrons. The standard InChI is InChI=1S/C12H25N/c1-5-7-8-9-13-12(4)10-11(3)6-2/h11H,5-10H2,1-4H3. The Morgan fingerprint density at radius 3 is 2.46 bits per heavy atom. The molecule has 0 saturated carbocycles. The van der Waals surface area contributed by atoms with Crippen LogP contribution in [0.3, 0.4) is 0 Å². The highest BCUT2D eigenvalue weighted by atomic mass is 14.7. The fraction of sp³-hybridized carbons (Fsp3) is 0.917. The zero-order valence-corrected chi connectivity index (χ0v) is 9.77. The third-order valence-corrected chi connectivity index (χ3v) is 2.48. The molecule has 0 bridgehead atoms. The molecule has 0 spiro atoms. The van der Waals surface area contributed by atoms with Crippen molar-refractivity contribution in [3.05, 3.63) is 0 Å². The Hall–Kier alpha value is -0.330. The average Bonchev–Trinajstić information content (AvgIpc) is 2.12. The molecule has 0 fully saturated rings. The second-order valence-electron chi connectivity index (χ2n) is 4.04. The Morgan fingerprint density at radius 1 is 1.23 bits per heavy atom. The maximum atomic E-state index is 4.57. The van der Waals surface area contributed by atoms with Gasteiger partial charge in [-0.15, -0.1) is 0 Å². The summed E-state index contributed by atoms with van der Waals surface area (Å²) in [7, 11) is 0. The van der Waals surface area contributed by atoms with Crippen LogP contribution in [0.2, 0.25) is 0 Å². The molecule has 0 aromatic rings. The van der Waals surface area contributed by atoms with Crippen molar-refractivity contribution < 1.29 is 0 Å². The van der Waals surface area contributed by atoms with E-state index in [-0.39, 0.29) is 0 Å². The lowest BCUT2D eigenvalue weighted by atomic mass is 10.0. The molecule has 0 saturated heterocycles. The van der Waals surface area contributed by atoms with E-state index in [1.54, 1.807) is 0 Å². The molecule has 0 aliphatic heterocycles. The van der Waals surface area contributed by atoms with Crippen LogP contribution in [-0.2, 0) is 0 Å².